The van der Waals surface area contributed by atoms with Crippen LogP contribution in [-0.2, 0) is 10.8 Å². The molecule has 0 heterocycles. The van der Waals surface area contributed by atoms with Crippen molar-refractivity contribution in [3.63, 3.8) is 0 Å². The Morgan fingerprint density at radius 2 is 0.756 bits per heavy atom. The fraction of sp³-hybridized carbons (Fsp3) is 0.175. The molecule has 4 bridgehead atoms. The van der Waals surface area contributed by atoms with Gasteiger partial charge >= 0.3 is 0 Å². The van der Waals surface area contributed by atoms with Gasteiger partial charge in [0.05, 0.1) is 11.1 Å². The van der Waals surface area contributed by atoms with Gasteiger partial charge < -0.3 is 9.80 Å². The van der Waals surface area contributed by atoms with Crippen LogP contribution in [0.15, 0.2) is 261 Å². The van der Waals surface area contributed by atoms with Crippen LogP contribution in [0.2, 0.25) is 0 Å². The summed E-state index contributed by atoms with van der Waals surface area (Å²) in [6, 6.07) is 99.6. The summed E-state index contributed by atoms with van der Waals surface area (Å²) >= 11 is 0. The van der Waals surface area contributed by atoms with E-state index in [-0.39, 0.29) is 5.41 Å². The molecule has 7 aliphatic rings. The number of rotatable bonds is 9. The third-order valence-corrected chi connectivity index (χ3v) is 20.6. The Morgan fingerprint density at radius 3 is 1.44 bits per heavy atom. The first-order valence-electron chi connectivity index (χ1n) is 30.1. The molecule has 0 N–H and O–H groups in total. The molecule has 394 valence electrons. The molecule has 1 atom stereocenters. The second-order valence-electron chi connectivity index (χ2n) is 25.2. The summed E-state index contributed by atoms with van der Waals surface area (Å²) in [5, 5.41) is 0. The van der Waals surface area contributed by atoms with Crippen molar-refractivity contribution < 1.29 is 0 Å². The first-order valence-corrected chi connectivity index (χ1v) is 30.1. The highest BCUT2D eigenvalue weighted by atomic mass is 15.2. The zero-order chi connectivity index (χ0) is 54.3. The Labute approximate surface area is 483 Å². The van der Waals surface area contributed by atoms with Gasteiger partial charge in [0.15, 0.2) is 0 Å². The van der Waals surface area contributed by atoms with Crippen molar-refractivity contribution in [2.24, 2.45) is 23.7 Å². The Bertz CT molecular complexity index is 4280. The second-order valence-corrected chi connectivity index (χ2v) is 25.2. The minimum atomic E-state index is -0.666. The second kappa shape index (κ2) is 18.3. The van der Waals surface area contributed by atoms with Crippen LogP contribution in [-0.4, -0.2) is 0 Å². The third-order valence-electron chi connectivity index (χ3n) is 20.6. The highest BCUT2D eigenvalue weighted by Crippen LogP contribution is 2.66. The van der Waals surface area contributed by atoms with Gasteiger partial charge in [-0.05, 0) is 230 Å². The first-order chi connectivity index (χ1) is 40.4. The van der Waals surface area contributed by atoms with Crippen LogP contribution in [0.3, 0.4) is 0 Å². The molecule has 1 unspecified atom stereocenters. The maximum Gasteiger partial charge on any atom is 0.0727 e. The Hall–Kier alpha value is -8.98. The van der Waals surface area contributed by atoms with E-state index in [1.165, 1.54) is 132 Å². The number of hydrogen-bond donors (Lipinski definition) is 0. The first kappa shape index (κ1) is 47.8. The van der Waals surface area contributed by atoms with Gasteiger partial charge in [0.25, 0.3) is 0 Å². The van der Waals surface area contributed by atoms with Gasteiger partial charge in [-0.25, -0.2) is 0 Å². The summed E-state index contributed by atoms with van der Waals surface area (Å²) in [6.45, 7) is 4.74. The predicted molar refractivity (Wildman–Crippen MR) is 340 cm³/mol. The largest absolute Gasteiger partial charge is 0.310 e. The molecular formula is C80H64N2. The number of nitrogens with zero attached hydrogens (tertiary/aromatic N) is 2. The van der Waals surface area contributed by atoms with Crippen LogP contribution >= 0.6 is 0 Å². The lowest BCUT2D eigenvalue weighted by atomic mass is 9.51. The highest BCUT2D eigenvalue weighted by molar-refractivity contribution is 6.01. The van der Waals surface area contributed by atoms with Gasteiger partial charge in [0, 0.05) is 39.4 Å². The lowest BCUT2D eigenvalue weighted by Crippen LogP contribution is -2.43. The Kier molecular flexibility index (Phi) is 10.6. The van der Waals surface area contributed by atoms with Crippen molar-refractivity contribution in [3.05, 3.63) is 300 Å². The number of fused-ring (bicyclic) bond motifs is 13. The van der Waals surface area contributed by atoms with Crippen LogP contribution in [0, 0.1) is 23.7 Å². The summed E-state index contributed by atoms with van der Waals surface area (Å²) in [5.74, 6) is 4.22. The molecule has 0 saturated heterocycles. The minimum Gasteiger partial charge on any atom is -0.310 e. The van der Waals surface area contributed by atoms with Crippen LogP contribution < -0.4 is 9.80 Å². The fourth-order valence-corrected chi connectivity index (χ4v) is 17.4. The molecule has 0 radical (unpaired) electrons. The van der Waals surface area contributed by atoms with Gasteiger partial charge in [0.1, 0.15) is 0 Å². The summed E-state index contributed by atoms with van der Waals surface area (Å²) in [6.07, 6.45) is 7.15. The molecule has 0 aliphatic heterocycles. The monoisotopic (exact) mass is 1050 g/mol. The average Bonchev–Trinajstić information content (AvgIpc) is 1.72. The molecule has 18 rings (SSSR count). The molecule has 82 heavy (non-hydrogen) atoms. The normalized spacial score (nSPS) is 21.3. The topological polar surface area (TPSA) is 6.48 Å². The van der Waals surface area contributed by atoms with Gasteiger partial charge in [-0.3, -0.25) is 0 Å². The maximum absolute atomic E-state index is 2.61. The molecule has 4 saturated carbocycles. The Morgan fingerprint density at radius 1 is 0.293 bits per heavy atom. The lowest BCUT2D eigenvalue weighted by molar-refractivity contribution is -0.00277. The van der Waals surface area contributed by atoms with E-state index in [1.807, 2.05) is 0 Å². The van der Waals surface area contributed by atoms with Crippen molar-refractivity contribution in [1.82, 2.24) is 0 Å². The number of benzene rings is 11. The van der Waals surface area contributed by atoms with Crippen molar-refractivity contribution in [1.29, 1.82) is 0 Å². The summed E-state index contributed by atoms with van der Waals surface area (Å²) < 4.78 is 0. The van der Waals surface area contributed by atoms with Gasteiger partial charge in [-0.15, -0.1) is 0 Å². The minimum absolute atomic E-state index is 0.0945. The summed E-state index contributed by atoms with van der Waals surface area (Å²) in [4.78, 5) is 5.06. The molecular weight excluding hydrogens is 989 g/mol. The molecule has 2 heteroatoms. The van der Waals surface area contributed by atoms with E-state index in [1.54, 1.807) is 5.56 Å². The van der Waals surface area contributed by atoms with Gasteiger partial charge in [-0.1, -0.05) is 196 Å². The van der Waals surface area contributed by atoms with E-state index in [0.29, 0.717) is 5.92 Å². The van der Waals surface area contributed by atoms with E-state index < -0.39 is 5.41 Å². The highest BCUT2D eigenvalue weighted by Gasteiger charge is 2.53. The number of para-hydroxylation sites is 2. The fourth-order valence-electron chi connectivity index (χ4n) is 17.4. The zero-order valence-electron chi connectivity index (χ0n) is 46.6. The van der Waals surface area contributed by atoms with E-state index in [2.05, 4.69) is 285 Å². The summed E-state index contributed by atoms with van der Waals surface area (Å²) in [7, 11) is 0. The third kappa shape index (κ3) is 7.06. The van der Waals surface area contributed by atoms with Crippen molar-refractivity contribution in [2.75, 3.05) is 9.80 Å². The Balaban J connectivity index is 0.909. The standard InChI is InChI=1S/C80H64N2/c1-79(2)71-29-17-15-27-64(71)69-47-62(37-40-72(69)79)81(59-23-11-5-12-24-59)63-36-38-66-68-46-56(53-19-7-3-8-20-53)33-39-74(68)80(75(66)48-63)73-30-18-16-28-65(73)70-49-67(54-21-9-4-10-22-54)77(50-76(70)80)82(60-25-13-6-14-26-60)61-34-31-55(32-35-61)78-57-42-51-41-52(44-57)45-58(78)43-51/h3-40,46-52,57-58,78H,41-45H2,1-2H3. The van der Waals surface area contributed by atoms with E-state index in [4.69, 9.17) is 0 Å². The molecule has 0 aromatic heterocycles. The molecule has 4 fully saturated rings. The van der Waals surface area contributed by atoms with Gasteiger partial charge in [0.2, 0.25) is 0 Å². The number of anilines is 6. The smallest absolute Gasteiger partial charge is 0.0727 e. The van der Waals surface area contributed by atoms with Crippen molar-refractivity contribution in [3.8, 4) is 55.6 Å². The molecule has 11 aromatic rings. The molecule has 7 aliphatic carbocycles. The zero-order valence-corrected chi connectivity index (χ0v) is 46.6. The van der Waals surface area contributed by atoms with E-state index in [0.717, 1.165) is 46.4 Å². The van der Waals surface area contributed by atoms with Gasteiger partial charge in [-0.2, -0.15) is 0 Å². The van der Waals surface area contributed by atoms with Crippen LogP contribution in [0.5, 0.6) is 0 Å². The van der Waals surface area contributed by atoms with Crippen LogP contribution in [0.25, 0.3) is 55.6 Å². The van der Waals surface area contributed by atoms with Crippen LogP contribution in [0.4, 0.5) is 34.1 Å². The molecule has 1 spiro atoms. The molecule has 11 aromatic carbocycles. The van der Waals surface area contributed by atoms with E-state index >= 15 is 0 Å². The molecule has 0 amide bonds. The summed E-state index contributed by atoms with van der Waals surface area (Å²) in [5.41, 5.74) is 28.3. The quantitative estimate of drug-likeness (QED) is 0.142. The van der Waals surface area contributed by atoms with E-state index in [9.17, 15) is 0 Å². The average molecular weight is 1050 g/mol. The number of hydrogen-bond acceptors (Lipinski definition) is 2. The molecule has 2 nitrogen and oxygen atoms in total. The SMILES string of the molecule is CC1(C)c2ccccc2-c2cc(N(c3ccccc3)c3ccc4c(c3)C3(c5ccccc5-c5cc(-c6ccccc6)c(N(c6ccccc6)c6ccc(C7C8CC9CC(C8)CC7C9)cc6)cc53)c3ccc(-c5ccccc5)cc3-4)ccc21. The maximum atomic E-state index is 2.61. The van der Waals surface area contributed by atoms with Crippen molar-refractivity contribution in [2.45, 2.75) is 62.7 Å². The predicted octanol–water partition coefficient (Wildman–Crippen LogP) is 21.1. The lowest BCUT2D eigenvalue weighted by Gasteiger charge is -2.54. The van der Waals surface area contributed by atoms with Crippen molar-refractivity contribution >= 4 is 34.1 Å². The van der Waals surface area contributed by atoms with Crippen LogP contribution in [0.1, 0.15) is 90.8 Å².